The Labute approximate surface area is 120 Å². The normalized spacial score (nSPS) is 13.7. The summed E-state index contributed by atoms with van der Waals surface area (Å²) in [4.78, 5) is 0. The molecule has 2 N–H and O–H groups in total. The van der Waals surface area contributed by atoms with Crippen molar-refractivity contribution in [3.8, 4) is 0 Å². The molecular formula is C14H24N6. The van der Waals surface area contributed by atoms with E-state index in [4.69, 9.17) is 5.73 Å². The minimum absolute atomic E-state index is 0.0904. The van der Waals surface area contributed by atoms with E-state index in [-0.39, 0.29) is 5.41 Å². The van der Waals surface area contributed by atoms with Crippen LogP contribution in [0.5, 0.6) is 0 Å². The van der Waals surface area contributed by atoms with Crippen molar-refractivity contribution in [3.63, 3.8) is 0 Å². The van der Waals surface area contributed by atoms with Crippen molar-refractivity contribution in [1.82, 2.24) is 24.8 Å². The molecule has 0 aliphatic heterocycles. The molecule has 0 aliphatic carbocycles. The monoisotopic (exact) mass is 276 g/mol. The Morgan fingerprint density at radius 1 is 1.35 bits per heavy atom. The standard InChI is InChI=1S/C14H24N6/c1-6-10(2)19-8-7-11(17-19)9-20-12(14(3,4)5)13(15)16-18-20/h7-8,10H,6,9,15H2,1-5H3. The Morgan fingerprint density at radius 2 is 2.05 bits per heavy atom. The van der Waals surface area contributed by atoms with Crippen molar-refractivity contribution in [3.05, 3.63) is 23.7 Å². The number of hydrogen-bond acceptors (Lipinski definition) is 4. The number of rotatable bonds is 4. The molecule has 0 saturated carbocycles. The fraction of sp³-hybridized carbons (Fsp3) is 0.643. The van der Waals surface area contributed by atoms with Crippen molar-refractivity contribution in [1.29, 1.82) is 0 Å². The van der Waals surface area contributed by atoms with Gasteiger partial charge in [0.15, 0.2) is 5.82 Å². The maximum atomic E-state index is 5.94. The van der Waals surface area contributed by atoms with E-state index < -0.39 is 0 Å². The van der Waals surface area contributed by atoms with Crippen LogP contribution >= 0.6 is 0 Å². The van der Waals surface area contributed by atoms with E-state index in [1.165, 1.54) is 0 Å². The van der Waals surface area contributed by atoms with Crippen LogP contribution in [0.3, 0.4) is 0 Å². The third-order valence-electron chi connectivity index (χ3n) is 3.49. The highest BCUT2D eigenvalue weighted by molar-refractivity contribution is 5.38. The van der Waals surface area contributed by atoms with Gasteiger partial charge in [-0.25, -0.2) is 4.68 Å². The molecule has 0 amide bonds. The molecule has 20 heavy (non-hydrogen) atoms. The van der Waals surface area contributed by atoms with Crippen LogP contribution in [-0.4, -0.2) is 24.8 Å². The summed E-state index contributed by atoms with van der Waals surface area (Å²) in [6, 6.07) is 2.43. The number of nitrogens with zero attached hydrogens (tertiary/aromatic N) is 5. The fourth-order valence-corrected chi connectivity index (χ4v) is 2.26. The van der Waals surface area contributed by atoms with E-state index in [0.29, 0.717) is 18.4 Å². The van der Waals surface area contributed by atoms with Gasteiger partial charge in [0.1, 0.15) is 0 Å². The molecule has 0 aliphatic rings. The minimum atomic E-state index is -0.0904. The molecule has 1 atom stereocenters. The summed E-state index contributed by atoms with van der Waals surface area (Å²) in [5, 5.41) is 12.7. The Balaban J connectivity index is 2.25. The van der Waals surface area contributed by atoms with Gasteiger partial charge in [0.05, 0.1) is 17.9 Å². The highest BCUT2D eigenvalue weighted by atomic mass is 15.5. The van der Waals surface area contributed by atoms with Gasteiger partial charge in [0.25, 0.3) is 0 Å². The van der Waals surface area contributed by atoms with E-state index in [0.717, 1.165) is 17.8 Å². The molecule has 2 heterocycles. The summed E-state index contributed by atoms with van der Waals surface area (Å²) in [5.41, 5.74) is 7.77. The van der Waals surface area contributed by atoms with Gasteiger partial charge in [-0.05, 0) is 19.4 Å². The predicted octanol–water partition coefficient (Wildman–Crippen LogP) is 2.37. The number of nitrogen functional groups attached to an aromatic ring is 1. The average molecular weight is 276 g/mol. The number of hydrogen-bond donors (Lipinski definition) is 1. The van der Waals surface area contributed by atoms with E-state index in [9.17, 15) is 0 Å². The fourth-order valence-electron chi connectivity index (χ4n) is 2.26. The molecule has 6 heteroatoms. The van der Waals surface area contributed by atoms with E-state index in [1.807, 2.05) is 21.6 Å². The Hall–Kier alpha value is -1.85. The first-order chi connectivity index (χ1) is 9.32. The van der Waals surface area contributed by atoms with Crippen LogP contribution in [0.15, 0.2) is 12.3 Å². The van der Waals surface area contributed by atoms with Crippen LogP contribution < -0.4 is 5.73 Å². The third kappa shape index (κ3) is 2.84. The highest BCUT2D eigenvalue weighted by Gasteiger charge is 2.24. The lowest BCUT2D eigenvalue weighted by Gasteiger charge is -2.19. The summed E-state index contributed by atoms with van der Waals surface area (Å²) < 4.78 is 3.84. The van der Waals surface area contributed by atoms with Crippen molar-refractivity contribution in [2.45, 2.75) is 59.0 Å². The first-order valence-electron chi connectivity index (χ1n) is 7.06. The van der Waals surface area contributed by atoms with E-state index in [2.05, 4.69) is 50.0 Å². The zero-order valence-corrected chi connectivity index (χ0v) is 13.0. The molecule has 0 fully saturated rings. The van der Waals surface area contributed by atoms with Crippen molar-refractivity contribution in [2.75, 3.05) is 5.73 Å². The van der Waals surface area contributed by atoms with Crippen LogP contribution in [-0.2, 0) is 12.0 Å². The molecule has 6 nitrogen and oxygen atoms in total. The molecular weight excluding hydrogens is 252 g/mol. The van der Waals surface area contributed by atoms with Crippen LogP contribution in [0, 0.1) is 0 Å². The Morgan fingerprint density at radius 3 is 2.65 bits per heavy atom. The second-order valence-corrected chi connectivity index (χ2v) is 6.28. The van der Waals surface area contributed by atoms with Gasteiger partial charge >= 0.3 is 0 Å². The minimum Gasteiger partial charge on any atom is -0.381 e. The molecule has 0 spiro atoms. The lowest BCUT2D eigenvalue weighted by atomic mass is 9.92. The van der Waals surface area contributed by atoms with Crippen molar-refractivity contribution >= 4 is 5.82 Å². The molecule has 0 saturated heterocycles. The highest BCUT2D eigenvalue weighted by Crippen LogP contribution is 2.26. The van der Waals surface area contributed by atoms with Crippen LogP contribution in [0.25, 0.3) is 0 Å². The van der Waals surface area contributed by atoms with E-state index >= 15 is 0 Å². The molecule has 110 valence electrons. The molecule has 2 aromatic heterocycles. The zero-order chi connectivity index (χ0) is 14.9. The maximum Gasteiger partial charge on any atom is 0.169 e. The Kier molecular flexibility index (Phi) is 3.83. The lowest BCUT2D eigenvalue weighted by molar-refractivity contribution is 0.463. The number of nitrogens with two attached hydrogens (primary N) is 1. The third-order valence-corrected chi connectivity index (χ3v) is 3.49. The van der Waals surface area contributed by atoms with Gasteiger partial charge in [0, 0.05) is 17.7 Å². The number of aromatic nitrogens is 5. The number of anilines is 1. The predicted molar refractivity (Wildman–Crippen MR) is 79.5 cm³/mol. The molecule has 2 aromatic rings. The second kappa shape index (κ2) is 5.26. The summed E-state index contributed by atoms with van der Waals surface area (Å²) >= 11 is 0. The van der Waals surface area contributed by atoms with Crippen LogP contribution in [0.2, 0.25) is 0 Å². The molecule has 0 radical (unpaired) electrons. The average Bonchev–Trinajstić information content (AvgIpc) is 2.95. The van der Waals surface area contributed by atoms with Crippen molar-refractivity contribution < 1.29 is 0 Å². The first kappa shape index (κ1) is 14.6. The summed E-state index contributed by atoms with van der Waals surface area (Å²) in [5.74, 6) is 0.499. The summed E-state index contributed by atoms with van der Waals surface area (Å²) in [6.45, 7) is 11.2. The van der Waals surface area contributed by atoms with Crippen LogP contribution in [0.1, 0.15) is 58.5 Å². The molecule has 0 bridgehead atoms. The van der Waals surface area contributed by atoms with Gasteiger partial charge in [0.2, 0.25) is 0 Å². The summed E-state index contributed by atoms with van der Waals surface area (Å²) in [7, 11) is 0. The van der Waals surface area contributed by atoms with Crippen LogP contribution in [0.4, 0.5) is 5.82 Å². The van der Waals surface area contributed by atoms with Gasteiger partial charge < -0.3 is 5.73 Å². The lowest BCUT2D eigenvalue weighted by Crippen LogP contribution is -2.20. The molecule has 2 rings (SSSR count). The largest absolute Gasteiger partial charge is 0.381 e. The first-order valence-corrected chi connectivity index (χ1v) is 7.06. The summed E-state index contributed by atoms with van der Waals surface area (Å²) in [6.07, 6.45) is 3.07. The second-order valence-electron chi connectivity index (χ2n) is 6.28. The molecule has 0 aromatic carbocycles. The topological polar surface area (TPSA) is 74.5 Å². The van der Waals surface area contributed by atoms with Gasteiger partial charge in [-0.15, -0.1) is 5.10 Å². The van der Waals surface area contributed by atoms with Gasteiger partial charge in [-0.1, -0.05) is 32.9 Å². The van der Waals surface area contributed by atoms with E-state index in [1.54, 1.807) is 0 Å². The van der Waals surface area contributed by atoms with Gasteiger partial charge in [-0.2, -0.15) is 5.10 Å². The smallest absolute Gasteiger partial charge is 0.169 e. The maximum absolute atomic E-state index is 5.94. The quantitative estimate of drug-likeness (QED) is 0.930. The Bertz CT molecular complexity index is 575. The van der Waals surface area contributed by atoms with Crippen molar-refractivity contribution in [2.24, 2.45) is 0 Å². The molecule has 1 unspecified atom stereocenters. The van der Waals surface area contributed by atoms with Gasteiger partial charge in [-0.3, -0.25) is 4.68 Å². The zero-order valence-electron chi connectivity index (χ0n) is 13.0. The SMILES string of the molecule is CCC(C)n1ccc(Cn2nnc(N)c2C(C)(C)C)n1.